The number of rotatable bonds is 11. The molecular formula is C23H35N5O. The van der Waals surface area contributed by atoms with Gasteiger partial charge in [-0.15, -0.1) is 0 Å². The molecule has 3 rings (SSSR count). The van der Waals surface area contributed by atoms with Crippen molar-refractivity contribution < 1.29 is 4.52 Å². The SMILES string of the molecule is CCCCCCCCCc1cccc(-c2noc(C[C@@H]3CCCN3C(=N)N)n2)c1. The Kier molecular flexibility index (Phi) is 8.08. The van der Waals surface area contributed by atoms with Crippen molar-refractivity contribution in [2.24, 2.45) is 5.73 Å². The van der Waals surface area contributed by atoms with Gasteiger partial charge in [-0.25, -0.2) is 0 Å². The van der Waals surface area contributed by atoms with E-state index in [2.05, 4.69) is 35.3 Å². The first-order valence-corrected chi connectivity index (χ1v) is 11.2. The van der Waals surface area contributed by atoms with E-state index in [0.29, 0.717) is 18.1 Å². The van der Waals surface area contributed by atoms with E-state index in [0.717, 1.165) is 31.4 Å². The van der Waals surface area contributed by atoms with E-state index in [1.165, 1.54) is 50.5 Å². The number of hydrogen-bond acceptors (Lipinski definition) is 4. The van der Waals surface area contributed by atoms with Gasteiger partial charge in [0.2, 0.25) is 11.7 Å². The summed E-state index contributed by atoms with van der Waals surface area (Å²) in [6.45, 7) is 3.09. The number of likely N-dealkylation sites (tertiary alicyclic amines) is 1. The highest BCUT2D eigenvalue weighted by molar-refractivity contribution is 5.75. The van der Waals surface area contributed by atoms with E-state index in [1.807, 2.05) is 11.0 Å². The number of nitrogens with one attached hydrogen (secondary N) is 1. The third kappa shape index (κ3) is 6.31. The van der Waals surface area contributed by atoms with Crippen molar-refractivity contribution in [1.82, 2.24) is 15.0 Å². The molecule has 1 atom stereocenters. The van der Waals surface area contributed by atoms with Crippen LogP contribution in [0.5, 0.6) is 0 Å². The molecule has 158 valence electrons. The van der Waals surface area contributed by atoms with Gasteiger partial charge in [0.15, 0.2) is 5.96 Å². The molecule has 1 aromatic heterocycles. The fraction of sp³-hybridized carbons (Fsp3) is 0.609. The van der Waals surface area contributed by atoms with Crippen molar-refractivity contribution in [2.75, 3.05) is 6.54 Å². The maximum absolute atomic E-state index is 7.70. The lowest BCUT2D eigenvalue weighted by atomic mass is 10.0. The van der Waals surface area contributed by atoms with Crippen LogP contribution in [0.4, 0.5) is 0 Å². The van der Waals surface area contributed by atoms with E-state index in [9.17, 15) is 0 Å². The van der Waals surface area contributed by atoms with E-state index < -0.39 is 0 Å². The van der Waals surface area contributed by atoms with Crippen LogP contribution in [0.25, 0.3) is 11.4 Å². The van der Waals surface area contributed by atoms with Crippen LogP contribution in [0.15, 0.2) is 28.8 Å². The molecule has 2 heterocycles. The average molecular weight is 398 g/mol. The first kappa shape index (κ1) is 21.3. The van der Waals surface area contributed by atoms with E-state index in [-0.39, 0.29) is 12.0 Å². The van der Waals surface area contributed by atoms with Crippen LogP contribution < -0.4 is 5.73 Å². The molecule has 0 amide bonds. The number of nitrogens with zero attached hydrogens (tertiary/aromatic N) is 3. The van der Waals surface area contributed by atoms with Crippen LogP contribution >= 0.6 is 0 Å². The number of unbranched alkanes of at least 4 members (excludes halogenated alkanes) is 6. The topological polar surface area (TPSA) is 92.0 Å². The Labute approximate surface area is 174 Å². The zero-order chi connectivity index (χ0) is 20.5. The van der Waals surface area contributed by atoms with Crippen LogP contribution in [-0.4, -0.2) is 33.6 Å². The summed E-state index contributed by atoms with van der Waals surface area (Å²) in [6, 6.07) is 8.68. The monoisotopic (exact) mass is 397 g/mol. The van der Waals surface area contributed by atoms with Crippen LogP contribution in [-0.2, 0) is 12.8 Å². The molecule has 0 unspecified atom stereocenters. The zero-order valence-corrected chi connectivity index (χ0v) is 17.7. The number of benzene rings is 1. The minimum absolute atomic E-state index is 0.130. The maximum atomic E-state index is 7.70. The fourth-order valence-electron chi connectivity index (χ4n) is 4.17. The van der Waals surface area contributed by atoms with Gasteiger partial charge in [-0.1, -0.05) is 68.8 Å². The number of hydrogen-bond donors (Lipinski definition) is 2. The predicted octanol–water partition coefficient (Wildman–Crippen LogP) is 4.93. The number of nitrogens with two attached hydrogens (primary N) is 1. The van der Waals surface area contributed by atoms with Crippen molar-refractivity contribution in [2.45, 2.75) is 83.6 Å². The summed E-state index contributed by atoms with van der Waals surface area (Å²) in [5, 5.41) is 11.9. The molecule has 1 aliphatic heterocycles. The zero-order valence-electron chi connectivity index (χ0n) is 17.7. The second-order valence-electron chi connectivity index (χ2n) is 8.16. The number of aromatic nitrogens is 2. The van der Waals surface area contributed by atoms with E-state index in [1.54, 1.807) is 0 Å². The smallest absolute Gasteiger partial charge is 0.229 e. The van der Waals surface area contributed by atoms with Gasteiger partial charge in [0, 0.05) is 24.6 Å². The molecule has 0 aliphatic carbocycles. The largest absolute Gasteiger partial charge is 0.370 e. The molecule has 1 aliphatic rings. The lowest BCUT2D eigenvalue weighted by molar-refractivity contribution is 0.320. The molecule has 1 fully saturated rings. The summed E-state index contributed by atoms with van der Waals surface area (Å²) in [5.74, 6) is 1.40. The number of aryl methyl sites for hydroxylation is 1. The summed E-state index contributed by atoms with van der Waals surface area (Å²) < 4.78 is 5.50. The van der Waals surface area contributed by atoms with Crippen LogP contribution in [0.1, 0.15) is 76.2 Å². The second-order valence-corrected chi connectivity index (χ2v) is 8.16. The molecule has 0 saturated carbocycles. The van der Waals surface area contributed by atoms with E-state index >= 15 is 0 Å². The third-order valence-corrected chi connectivity index (χ3v) is 5.82. The van der Waals surface area contributed by atoms with Gasteiger partial charge in [0.05, 0.1) is 0 Å². The Bertz CT molecular complexity index is 772. The first-order chi connectivity index (χ1) is 14.2. The third-order valence-electron chi connectivity index (χ3n) is 5.82. The molecular weight excluding hydrogens is 362 g/mol. The molecule has 1 saturated heterocycles. The predicted molar refractivity (Wildman–Crippen MR) is 117 cm³/mol. The highest BCUT2D eigenvalue weighted by Gasteiger charge is 2.27. The summed E-state index contributed by atoms with van der Waals surface area (Å²) >= 11 is 0. The van der Waals surface area contributed by atoms with Crippen LogP contribution in [0.3, 0.4) is 0 Å². The van der Waals surface area contributed by atoms with Crippen LogP contribution in [0, 0.1) is 5.41 Å². The lowest BCUT2D eigenvalue weighted by Crippen LogP contribution is -2.41. The molecule has 3 N–H and O–H groups in total. The van der Waals surface area contributed by atoms with Gasteiger partial charge < -0.3 is 15.2 Å². The summed E-state index contributed by atoms with van der Waals surface area (Å²) in [7, 11) is 0. The Hall–Kier alpha value is -2.37. The van der Waals surface area contributed by atoms with Crippen molar-refractivity contribution in [3.05, 3.63) is 35.7 Å². The molecule has 0 spiro atoms. The van der Waals surface area contributed by atoms with Crippen molar-refractivity contribution in [3.63, 3.8) is 0 Å². The standard InChI is InChI=1S/C23H35N5O/c1-2-3-4-5-6-7-8-11-18-12-9-13-19(16-18)22-26-21(29-27-22)17-20-14-10-15-28(20)23(24)25/h9,12-13,16,20H,2-8,10-11,14-15,17H2,1H3,(H3,24,25)/t20-/m0/s1. The Balaban J connectivity index is 1.51. The fourth-order valence-corrected chi connectivity index (χ4v) is 4.17. The second kappa shape index (κ2) is 11.0. The molecule has 6 heteroatoms. The molecule has 2 aromatic rings. The van der Waals surface area contributed by atoms with Gasteiger partial charge in [-0.05, 0) is 37.3 Å². The lowest BCUT2D eigenvalue weighted by Gasteiger charge is -2.23. The van der Waals surface area contributed by atoms with Gasteiger partial charge in [-0.3, -0.25) is 5.41 Å². The summed E-state index contributed by atoms with van der Waals surface area (Å²) in [5.41, 5.74) is 8.02. The molecule has 29 heavy (non-hydrogen) atoms. The average Bonchev–Trinajstić information content (AvgIpc) is 3.38. The van der Waals surface area contributed by atoms with Gasteiger partial charge in [-0.2, -0.15) is 4.98 Å². The first-order valence-electron chi connectivity index (χ1n) is 11.2. The molecule has 6 nitrogen and oxygen atoms in total. The summed E-state index contributed by atoms with van der Waals surface area (Å²) in [6.07, 6.45) is 13.1. The molecule has 0 bridgehead atoms. The Morgan fingerprint density at radius 1 is 1.21 bits per heavy atom. The van der Waals surface area contributed by atoms with Gasteiger partial charge >= 0.3 is 0 Å². The normalized spacial score (nSPS) is 16.4. The Morgan fingerprint density at radius 2 is 2.00 bits per heavy atom. The number of guanidine groups is 1. The minimum Gasteiger partial charge on any atom is -0.370 e. The molecule has 0 radical (unpaired) electrons. The van der Waals surface area contributed by atoms with Crippen LogP contribution in [0.2, 0.25) is 0 Å². The van der Waals surface area contributed by atoms with Crippen molar-refractivity contribution in [3.8, 4) is 11.4 Å². The highest BCUT2D eigenvalue weighted by Crippen LogP contribution is 2.23. The van der Waals surface area contributed by atoms with Gasteiger partial charge in [0.1, 0.15) is 0 Å². The van der Waals surface area contributed by atoms with E-state index in [4.69, 9.17) is 15.7 Å². The van der Waals surface area contributed by atoms with Crippen molar-refractivity contribution >= 4 is 5.96 Å². The van der Waals surface area contributed by atoms with Gasteiger partial charge in [0.25, 0.3) is 0 Å². The maximum Gasteiger partial charge on any atom is 0.229 e. The minimum atomic E-state index is 0.130. The van der Waals surface area contributed by atoms with Crippen molar-refractivity contribution in [1.29, 1.82) is 5.41 Å². The molecule has 1 aromatic carbocycles. The Morgan fingerprint density at radius 3 is 2.79 bits per heavy atom. The quantitative estimate of drug-likeness (QED) is 0.319. The highest BCUT2D eigenvalue weighted by atomic mass is 16.5. The summed E-state index contributed by atoms with van der Waals surface area (Å²) in [4.78, 5) is 6.52.